The van der Waals surface area contributed by atoms with Crippen LogP contribution >= 0.6 is 11.8 Å². The molecule has 0 N–H and O–H groups in total. The van der Waals surface area contributed by atoms with Gasteiger partial charge in [-0.3, -0.25) is 0 Å². The summed E-state index contributed by atoms with van der Waals surface area (Å²) in [6.07, 6.45) is 18.1. The lowest BCUT2D eigenvalue weighted by atomic mass is 9.86. The van der Waals surface area contributed by atoms with Gasteiger partial charge in [0.15, 0.2) is 5.82 Å². The summed E-state index contributed by atoms with van der Waals surface area (Å²) in [6, 6.07) is 44.2. The van der Waals surface area contributed by atoms with Gasteiger partial charge in [-0.15, -0.1) is 11.8 Å². The predicted octanol–water partition coefficient (Wildman–Crippen LogP) is 11.2. The third kappa shape index (κ3) is 4.48. The average Bonchev–Trinajstić information content (AvgIpc) is 3.85. The van der Waals surface area contributed by atoms with Gasteiger partial charge >= 0.3 is 0 Å². The molecule has 5 heteroatoms. The second-order valence-electron chi connectivity index (χ2n) is 13.7. The lowest BCUT2D eigenvalue weighted by Gasteiger charge is -2.30. The minimum atomic E-state index is 0.169. The fourth-order valence-corrected chi connectivity index (χ4v) is 9.84. The number of rotatable bonds is 4. The van der Waals surface area contributed by atoms with Crippen molar-refractivity contribution in [1.82, 2.24) is 14.5 Å². The zero-order valence-electron chi connectivity index (χ0n) is 27.7. The van der Waals surface area contributed by atoms with Gasteiger partial charge in [0.2, 0.25) is 0 Å². The second-order valence-corrected chi connectivity index (χ2v) is 14.9. The van der Waals surface area contributed by atoms with E-state index in [1.54, 1.807) is 0 Å². The predicted molar refractivity (Wildman–Crippen MR) is 211 cm³/mol. The van der Waals surface area contributed by atoms with Crippen LogP contribution in [0.5, 0.6) is 0 Å². The van der Waals surface area contributed by atoms with Crippen LogP contribution in [0.25, 0.3) is 44.5 Å². The summed E-state index contributed by atoms with van der Waals surface area (Å²) in [6.45, 7) is 0. The molecule has 0 bridgehead atoms. The van der Waals surface area contributed by atoms with Gasteiger partial charge in [0.1, 0.15) is 0 Å². The first-order chi connectivity index (χ1) is 25.3. The summed E-state index contributed by atoms with van der Waals surface area (Å²) in [5.41, 5.74) is 12.1. The molecule has 51 heavy (non-hydrogen) atoms. The van der Waals surface area contributed by atoms with Crippen molar-refractivity contribution in [1.29, 1.82) is 0 Å². The highest BCUT2D eigenvalue weighted by Gasteiger charge is 2.38. The maximum absolute atomic E-state index is 5.14. The quantitative estimate of drug-likeness (QED) is 0.186. The van der Waals surface area contributed by atoms with Crippen molar-refractivity contribution >= 4 is 50.5 Å². The van der Waals surface area contributed by atoms with E-state index in [1.165, 1.54) is 54.8 Å². The number of allylic oxidation sites excluding steroid dienone is 5. The minimum Gasteiger partial charge on any atom is -0.333 e. The maximum Gasteiger partial charge on any atom is 0.159 e. The molecular formula is C46H32N4S. The summed E-state index contributed by atoms with van der Waals surface area (Å²) in [5, 5.41) is 2.95. The topological polar surface area (TPSA) is 34.0 Å². The largest absolute Gasteiger partial charge is 0.333 e. The molecular weight excluding hydrogens is 641 g/mol. The molecule has 4 atom stereocenters. The number of aromatic nitrogens is 3. The lowest BCUT2D eigenvalue weighted by molar-refractivity contribution is 0.747. The first kappa shape index (κ1) is 28.9. The van der Waals surface area contributed by atoms with E-state index in [0.29, 0.717) is 11.2 Å². The van der Waals surface area contributed by atoms with Crippen LogP contribution in [-0.2, 0) is 0 Å². The zero-order valence-corrected chi connectivity index (χ0v) is 28.5. The molecule has 0 spiro atoms. The van der Waals surface area contributed by atoms with Gasteiger partial charge in [-0.1, -0.05) is 115 Å². The van der Waals surface area contributed by atoms with Gasteiger partial charge in [-0.2, -0.15) is 0 Å². The third-order valence-electron chi connectivity index (χ3n) is 10.9. The Hall–Kier alpha value is -5.91. The highest BCUT2D eigenvalue weighted by atomic mass is 32.2. The van der Waals surface area contributed by atoms with Crippen LogP contribution in [0, 0.1) is 0 Å². The van der Waals surface area contributed by atoms with Crippen molar-refractivity contribution in [2.24, 2.45) is 0 Å². The molecule has 2 aromatic heterocycles. The number of thioether (sulfide) groups is 1. The molecule has 11 rings (SSSR count). The normalized spacial score (nSPS) is 21.1. The summed E-state index contributed by atoms with van der Waals surface area (Å²) in [4.78, 5) is 13.7. The standard InChI is InChI=1S/C46H32N4S/c1-2-12-32(13-3-1)49-39-18-7-4-15-34(39)37-26-29(21-23-41(37)49)30-22-24-42-38(27-30)35-16-5-8-19-40(35)50(42)33-14-10-11-31(25-33)46-47-28-44-45(48-46)36-17-6-9-20-43(36)51-44/h1-28,36,38,42-43H. The van der Waals surface area contributed by atoms with Crippen LogP contribution in [0.2, 0.25) is 0 Å². The van der Waals surface area contributed by atoms with Crippen LogP contribution < -0.4 is 4.90 Å². The van der Waals surface area contributed by atoms with Crippen LogP contribution in [0.1, 0.15) is 28.7 Å². The van der Waals surface area contributed by atoms with Crippen molar-refractivity contribution in [3.8, 4) is 17.1 Å². The van der Waals surface area contributed by atoms with Crippen LogP contribution in [0.3, 0.4) is 0 Å². The Bertz CT molecular complexity index is 2660. The second kappa shape index (κ2) is 11.3. The molecule has 0 saturated carbocycles. The molecule has 4 aliphatic rings. The zero-order chi connectivity index (χ0) is 33.5. The van der Waals surface area contributed by atoms with E-state index in [0.717, 1.165) is 22.8 Å². The molecule has 4 nitrogen and oxygen atoms in total. The van der Waals surface area contributed by atoms with E-state index in [4.69, 9.17) is 9.97 Å². The van der Waals surface area contributed by atoms with Gasteiger partial charge < -0.3 is 9.47 Å². The van der Waals surface area contributed by atoms with Crippen LogP contribution in [-0.4, -0.2) is 25.8 Å². The Labute approximate surface area is 300 Å². The minimum absolute atomic E-state index is 0.169. The highest BCUT2D eigenvalue weighted by molar-refractivity contribution is 8.00. The third-order valence-corrected chi connectivity index (χ3v) is 12.2. The number of hydrogen-bond acceptors (Lipinski definition) is 4. The number of hydrogen-bond donors (Lipinski definition) is 0. The molecule has 4 unspecified atom stereocenters. The van der Waals surface area contributed by atoms with Gasteiger partial charge in [-0.05, 0) is 65.2 Å². The molecule has 5 aromatic carbocycles. The number of benzene rings is 5. The van der Waals surface area contributed by atoms with Crippen LogP contribution in [0.15, 0.2) is 175 Å². The fraction of sp³-hybridized carbons (Fsp3) is 0.0870. The Morgan fingerprint density at radius 3 is 2.41 bits per heavy atom. The van der Waals surface area contributed by atoms with E-state index in [1.807, 2.05) is 18.0 Å². The van der Waals surface area contributed by atoms with Gasteiger partial charge in [0.05, 0.1) is 22.8 Å². The van der Waals surface area contributed by atoms with Crippen molar-refractivity contribution in [3.05, 3.63) is 187 Å². The Morgan fingerprint density at radius 2 is 1.45 bits per heavy atom. The molecule has 2 aliphatic carbocycles. The highest BCUT2D eigenvalue weighted by Crippen LogP contribution is 2.50. The maximum atomic E-state index is 5.14. The number of fused-ring (bicyclic) bond motifs is 9. The molecule has 4 heterocycles. The monoisotopic (exact) mass is 672 g/mol. The first-order valence-corrected chi connectivity index (χ1v) is 18.5. The summed E-state index contributed by atoms with van der Waals surface area (Å²) in [7, 11) is 0. The first-order valence-electron chi connectivity index (χ1n) is 17.6. The summed E-state index contributed by atoms with van der Waals surface area (Å²) < 4.78 is 2.38. The molecule has 0 amide bonds. The molecule has 0 fully saturated rings. The van der Waals surface area contributed by atoms with E-state index in [-0.39, 0.29) is 12.0 Å². The van der Waals surface area contributed by atoms with Crippen LogP contribution in [0.4, 0.5) is 11.4 Å². The van der Waals surface area contributed by atoms with Crippen molar-refractivity contribution < 1.29 is 0 Å². The van der Waals surface area contributed by atoms with Crippen molar-refractivity contribution in [3.63, 3.8) is 0 Å². The molecule has 0 saturated heterocycles. The number of nitrogens with zero attached hydrogens (tertiary/aromatic N) is 4. The van der Waals surface area contributed by atoms with Gasteiger partial charge in [0.25, 0.3) is 0 Å². The Balaban J connectivity index is 0.963. The molecule has 7 aromatic rings. The molecule has 0 radical (unpaired) electrons. The van der Waals surface area contributed by atoms with E-state index in [2.05, 4.69) is 173 Å². The van der Waals surface area contributed by atoms with E-state index in [9.17, 15) is 0 Å². The molecule has 2 aliphatic heterocycles. The van der Waals surface area contributed by atoms with Gasteiger partial charge in [-0.25, -0.2) is 9.97 Å². The smallest absolute Gasteiger partial charge is 0.159 e. The van der Waals surface area contributed by atoms with Crippen molar-refractivity contribution in [2.75, 3.05) is 4.90 Å². The summed E-state index contributed by atoms with van der Waals surface area (Å²) in [5.74, 6) is 1.32. The Kier molecular flexibility index (Phi) is 6.40. The Morgan fingerprint density at radius 1 is 0.627 bits per heavy atom. The molecule has 242 valence electrons. The number of para-hydroxylation sites is 3. The lowest BCUT2D eigenvalue weighted by Crippen LogP contribution is -2.29. The SMILES string of the molecule is C1=CC2Sc3cnc(-c4cccc(N5c6ccccc6C6C=C(c7ccc8c(c7)c7ccccc7n8-c7ccccc7)C=CC65)c4)nc3C2C=C1. The van der Waals surface area contributed by atoms with Crippen molar-refractivity contribution in [2.45, 2.75) is 28.0 Å². The fourth-order valence-electron chi connectivity index (χ4n) is 8.59. The van der Waals surface area contributed by atoms with E-state index >= 15 is 0 Å². The van der Waals surface area contributed by atoms with E-state index < -0.39 is 0 Å². The average molecular weight is 673 g/mol. The summed E-state index contributed by atoms with van der Waals surface area (Å²) >= 11 is 1.87. The van der Waals surface area contributed by atoms with Gasteiger partial charge in [0, 0.05) is 61.6 Å². The number of anilines is 2.